The van der Waals surface area contributed by atoms with Crippen LogP contribution in [-0.2, 0) is 4.74 Å². The number of likely N-dealkylation sites (tertiary alicyclic amines) is 1. The zero-order valence-corrected chi connectivity index (χ0v) is 11.3. The van der Waals surface area contributed by atoms with E-state index in [1.165, 1.54) is 12.8 Å². The van der Waals surface area contributed by atoms with E-state index in [4.69, 9.17) is 4.74 Å². The fraction of sp³-hybridized carbons (Fsp3) is 0.923. The monoisotopic (exact) mass is 255 g/mol. The Balaban J connectivity index is 1.68. The van der Waals surface area contributed by atoms with Gasteiger partial charge in [-0.1, -0.05) is 0 Å². The van der Waals surface area contributed by atoms with Crippen molar-refractivity contribution in [3.8, 4) is 0 Å². The maximum absolute atomic E-state index is 11.6. The number of carbonyl (C=O) groups is 1. The van der Waals surface area contributed by atoms with E-state index in [1.54, 1.807) is 0 Å². The zero-order chi connectivity index (χ0) is 12.8. The lowest BCUT2D eigenvalue weighted by molar-refractivity contribution is 0.0937. The quantitative estimate of drug-likeness (QED) is 0.788. The van der Waals surface area contributed by atoms with E-state index < -0.39 is 0 Å². The van der Waals surface area contributed by atoms with Crippen molar-refractivity contribution in [2.45, 2.75) is 44.7 Å². The van der Waals surface area contributed by atoms with Crippen LogP contribution in [0.4, 0.5) is 4.79 Å². The van der Waals surface area contributed by atoms with E-state index in [2.05, 4.69) is 10.6 Å². The lowest BCUT2D eigenvalue weighted by Crippen LogP contribution is -2.50. The van der Waals surface area contributed by atoms with Crippen molar-refractivity contribution in [1.29, 1.82) is 0 Å². The SMILES string of the molecule is CCOC(=O)N1CCC(NC2CCNCC2)CC1. The van der Waals surface area contributed by atoms with Crippen LogP contribution in [0, 0.1) is 0 Å². The number of piperidine rings is 2. The molecule has 0 aliphatic carbocycles. The molecule has 0 aromatic carbocycles. The minimum Gasteiger partial charge on any atom is -0.450 e. The van der Waals surface area contributed by atoms with Gasteiger partial charge in [0.2, 0.25) is 0 Å². The van der Waals surface area contributed by atoms with Crippen molar-refractivity contribution >= 4 is 6.09 Å². The minimum absolute atomic E-state index is 0.155. The summed E-state index contributed by atoms with van der Waals surface area (Å²) in [5, 5.41) is 7.11. The topological polar surface area (TPSA) is 53.6 Å². The van der Waals surface area contributed by atoms with Gasteiger partial charge in [-0.25, -0.2) is 4.79 Å². The van der Waals surface area contributed by atoms with Crippen LogP contribution in [0.3, 0.4) is 0 Å². The van der Waals surface area contributed by atoms with Crippen LogP contribution in [0.15, 0.2) is 0 Å². The molecule has 0 radical (unpaired) electrons. The Labute approximate surface area is 109 Å². The van der Waals surface area contributed by atoms with E-state index in [0.717, 1.165) is 39.0 Å². The van der Waals surface area contributed by atoms with Gasteiger partial charge in [0, 0.05) is 25.2 Å². The Morgan fingerprint density at radius 3 is 2.44 bits per heavy atom. The second-order valence-electron chi connectivity index (χ2n) is 5.15. The van der Waals surface area contributed by atoms with Crippen LogP contribution in [0.2, 0.25) is 0 Å². The highest BCUT2D eigenvalue weighted by Gasteiger charge is 2.25. The Kier molecular flexibility index (Phi) is 5.26. The summed E-state index contributed by atoms with van der Waals surface area (Å²) in [6.45, 7) is 6.21. The third-order valence-electron chi connectivity index (χ3n) is 3.83. The third-order valence-corrected chi connectivity index (χ3v) is 3.83. The summed E-state index contributed by atoms with van der Waals surface area (Å²) >= 11 is 0. The maximum Gasteiger partial charge on any atom is 0.409 e. The fourth-order valence-electron chi connectivity index (χ4n) is 2.77. The van der Waals surface area contributed by atoms with Gasteiger partial charge in [0.1, 0.15) is 0 Å². The number of nitrogens with zero attached hydrogens (tertiary/aromatic N) is 1. The molecule has 18 heavy (non-hydrogen) atoms. The standard InChI is InChI=1S/C13H25N3O2/c1-2-18-13(17)16-9-5-12(6-10-16)15-11-3-7-14-8-4-11/h11-12,14-15H,2-10H2,1H3. The van der Waals surface area contributed by atoms with E-state index >= 15 is 0 Å². The summed E-state index contributed by atoms with van der Waals surface area (Å²) < 4.78 is 5.02. The Morgan fingerprint density at radius 2 is 1.83 bits per heavy atom. The largest absolute Gasteiger partial charge is 0.450 e. The van der Waals surface area contributed by atoms with Crippen molar-refractivity contribution in [3.63, 3.8) is 0 Å². The Hall–Kier alpha value is -0.810. The van der Waals surface area contributed by atoms with Crippen LogP contribution >= 0.6 is 0 Å². The first-order valence-electron chi connectivity index (χ1n) is 7.18. The molecule has 1 amide bonds. The lowest BCUT2D eigenvalue weighted by atomic mass is 10.0. The van der Waals surface area contributed by atoms with Gasteiger partial charge >= 0.3 is 6.09 Å². The highest BCUT2D eigenvalue weighted by molar-refractivity contribution is 5.67. The lowest BCUT2D eigenvalue weighted by Gasteiger charge is -2.35. The van der Waals surface area contributed by atoms with Crippen LogP contribution in [0.1, 0.15) is 32.6 Å². The number of ether oxygens (including phenoxy) is 1. The maximum atomic E-state index is 11.6. The van der Waals surface area contributed by atoms with E-state index in [9.17, 15) is 4.79 Å². The highest BCUT2D eigenvalue weighted by atomic mass is 16.6. The summed E-state index contributed by atoms with van der Waals surface area (Å²) in [6, 6.07) is 1.23. The number of carbonyl (C=O) groups excluding carboxylic acids is 1. The van der Waals surface area contributed by atoms with Crippen molar-refractivity contribution in [3.05, 3.63) is 0 Å². The molecule has 0 unspecified atom stereocenters. The second kappa shape index (κ2) is 6.95. The summed E-state index contributed by atoms with van der Waals surface area (Å²) in [7, 11) is 0. The molecule has 0 aromatic rings. The van der Waals surface area contributed by atoms with Gasteiger partial charge in [0.15, 0.2) is 0 Å². The van der Waals surface area contributed by atoms with E-state index in [-0.39, 0.29) is 6.09 Å². The summed E-state index contributed by atoms with van der Waals surface area (Å²) in [6.07, 6.45) is 4.37. The summed E-state index contributed by atoms with van der Waals surface area (Å²) in [4.78, 5) is 13.4. The minimum atomic E-state index is -0.155. The number of amides is 1. The second-order valence-corrected chi connectivity index (χ2v) is 5.15. The van der Waals surface area contributed by atoms with Crippen LogP contribution in [-0.4, -0.2) is 55.9 Å². The average molecular weight is 255 g/mol. The molecular weight excluding hydrogens is 230 g/mol. The molecule has 2 saturated heterocycles. The molecule has 2 aliphatic rings. The van der Waals surface area contributed by atoms with Crippen LogP contribution in [0.5, 0.6) is 0 Å². The van der Waals surface area contributed by atoms with Gasteiger partial charge in [0.25, 0.3) is 0 Å². The van der Waals surface area contributed by atoms with Crippen LogP contribution < -0.4 is 10.6 Å². The van der Waals surface area contributed by atoms with E-state index in [0.29, 0.717) is 18.7 Å². The molecular formula is C13H25N3O2. The van der Waals surface area contributed by atoms with E-state index in [1.807, 2.05) is 11.8 Å². The summed E-state index contributed by atoms with van der Waals surface area (Å²) in [5.41, 5.74) is 0. The molecule has 0 saturated carbocycles. The molecule has 0 spiro atoms. The van der Waals surface area contributed by atoms with Crippen molar-refractivity contribution in [1.82, 2.24) is 15.5 Å². The highest BCUT2D eigenvalue weighted by Crippen LogP contribution is 2.14. The average Bonchev–Trinajstić information content (AvgIpc) is 2.41. The van der Waals surface area contributed by atoms with Gasteiger partial charge in [-0.15, -0.1) is 0 Å². The smallest absolute Gasteiger partial charge is 0.409 e. The first-order chi connectivity index (χ1) is 8.79. The van der Waals surface area contributed by atoms with Crippen molar-refractivity contribution < 1.29 is 9.53 Å². The zero-order valence-electron chi connectivity index (χ0n) is 11.3. The van der Waals surface area contributed by atoms with Gasteiger partial charge < -0.3 is 20.3 Å². The van der Waals surface area contributed by atoms with Crippen molar-refractivity contribution in [2.24, 2.45) is 0 Å². The molecule has 2 heterocycles. The molecule has 0 bridgehead atoms. The van der Waals surface area contributed by atoms with Gasteiger partial charge in [0.05, 0.1) is 6.61 Å². The molecule has 2 N–H and O–H groups in total. The number of rotatable bonds is 3. The first kappa shape index (κ1) is 13.6. The molecule has 104 valence electrons. The van der Waals surface area contributed by atoms with Gasteiger partial charge in [-0.3, -0.25) is 0 Å². The number of hydrogen-bond donors (Lipinski definition) is 2. The third kappa shape index (κ3) is 3.85. The normalized spacial score (nSPS) is 23.1. The molecule has 0 aromatic heterocycles. The Morgan fingerprint density at radius 1 is 1.22 bits per heavy atom. The fourth-order valence-corrected chi connectivity index (χ4v) is 2.77. The van der Waals surface area contributed by atoms with Gasteiger partial charge in [-0.2, -0.15) is 0 Å². The molecule has 2 rings (SSSR count). The first-order valence-corrected chi connectivity index (χ1v) is 7.18. The van der Waals surface area contributed by atoms with Crippen LogP contribution in [0.25, 0.3) is 0 Å². The van der Waals surface area contributed by atoms with Gasteiger partial charge in [-0.05, 0) is 45.7 Å². The predicted octanol–water partition coefficient (Wildman–Crippen LogP) is 0.949. The molecule has 2 fully saturated rings. The molecule has 2 aliphatic heterocycles. The predicted molar refractivity (Wildman–Crippen MR) is 70.6 cm³/mol. The molecule has 0 atom stereocenters. The van der Waals surface area contributed by atoms with Crippen molar-refractivity contribution in [2.75, 3.05) is 32.8 Å². The summed E-state index contributed by atoms with van der Waals surface area (Å²) in [5.74, 6) is 0. The molecule has 5 nitrogen and oxygen atoms in total. The Bertz CT molecular complexity index is 259. The number of nitrogens with one attached hydrogen (secondary N) is 2. The number of hydrogen-bond acceptors (Lipinski definition) is 4. The molecule has 5 heteroatoms.